The van der Waals surface area contributed by atoms with Crippen LogP contribution in [0.1, 0.15) is 143 Å². The van der Waals surface area contributed by atoms with Gasteiger partial charge in [-0.2, -0.15) is 31.6 Å². The lowest BCUT2D eigenvalue weighted by Gasteiger charge is -2.29. The highest BCUT2D eigenvalue weighted by Crippen LogP contribution is 2.40. The van der Waals surface area contributed by atoms with E-state index in [9.17, 15) is 58.5 Å². The van der Waals surface area contributed by atoms with E-state index in [1.54, 1.807) is 42.5 Å². The van der Waals surface area contributed by atoms with E-state index in [1.807, 2.05) is 158 Å². The Bertz CT molecular complexity index is 7020. The Hall–Kier alpha value is -16.7. The summed E-state index contributed by atoms with van der Waals surface area (Å²) >= 11 is 0. The minimum atomic E-state index is -0.431. The Morgan fingerprint density at radius 2 is 0.538 bits per heavy atom. The van der Waals surface area contributed by atoms with Crippen LogP contribution in [-0.2, 0) is 5.41 Å². The van der Waals surface area contributed by atoms with Crippen molar-refractivity contribution in [3.8, 4) is 36.4 Å². The lowest BCUT2D eigenvalue weighted by Crippen LogP contribution is -2.40. The number of nitriles is 6. The number of amides is 8. The number of halogens is 1. The number of nitrogens with zero attached hydrogens (tertiary/aromatic N) is 10. The van der Waals surface area contributed by atoms with Crippen molar-refractivity contribution in [1.29, 1.82) is 31.6 Å². The molecule has 16 aromatic carbocycles. The van der Waals surface area contributed by atoms with Gasteiger partial charge in [-0.3, -0.25) is 58.0 Å². The van der Waals surface area contributed by atoms with Gasteiger partial charge >= 0.3 is 0 Å². The maximum absolute atomic E-state index is 13.6. The molecule has 0 N–H and O–H groups in total. The fourth-order valence-electron chi connectivity index (χ4n) is 15.3. The van der Waals surface area contributed by atoms with Crippen LogP contribution in [0, 0.1) is 73.8 Å². The molecule has 19 heteroatoms. The summed E-state index contributed by atoms with van der Waals surface area (Å²) in [5.74, 6) is -3.38. The van der Waals surface area contributed by atoms with E-state index < -0.39 is 41.3 Å². The van der Waals surface area contributed by atoms with Gasteiger partial charge in [-0.15, -0.1) is 0 Å². The average molecular weight is 1550 g/mol. The number of carbonyl (C=O) groups excluding carboxylic acids is 8. The molecule has 4 aliphatic rings. The molecule has 18 nitrogen and oxygen atoms in total. The Morgan fingerprint density at radius 3 is 0.950 bits per heavy atom. The Kier molecular flexibility index (Phi) is 21.5. The third kappa shape index (κ3) is 14.2. The normalized spacial score (nSPS) is 12.7. The molecule has 0 bridgehead atoms. The van der Waals surface area contributed by atoms with Crippen LogP contribution < -0.4 is 0 Å². The maximum Gasteiger partial charge on any atom is 0.261 e. The van der Waals surface area contributed by atoms with Gasteiger partial charge in [0.2, 0.25) is 0 Å². The summed E-state index contributed by atoms with van der Waals surface area (Å²) in [6.45, 7) is 6.59. The highest BCUT2D eigenvalue weighted by Gasteiger charge is 2.38. The molecule has 4 heterocycles. The summed E-state index contributed by atoms with van der Waals surface area (Å²) in [4.78, 5) is 101. The van der Waals surface area contributed by atoms with E-state index in [4.69, 9.17) is 15.8 Å². The smallest absolute Gasteiger partial charge is 0.261 e. The van der Waals surface area contributed by atoms with Gasteiger partial charge in [-0.05, 0) is 123 Å². The topological polar surface area (TPSA) is 292 Å². The first kappa shape index (κ1) is 79.0. The first-order valence-electron chi connectivity index (χ1n) is 37.3. The highest BCUT2D eigenvalue weighted by molar-refractivity contribution is 6.33. The van der Waals surface area contributed by atoms with Crippen LogP contribution in [0.2, 0.25) is 0 Å². The van der Waals surface area contributed by atoms with E-state index in [2.05, 4.69) is 87.5 Å². The van der Waals surface area contributed by atoms with E-state index in [0.29, 0.717) is 88.3 Å². The molecule has 0 unspecified atom stereocenters. The molecule has 0 saturated heterocycles. The Labute approximate surface area is 681 Å². The number of benzene rings is 16. The lowest BCUT2D eigenvalue weighted by molar-refractivity contribution is 0.0629. The standard InChI is InChI=1S/C19H17N.C16H10N2O4.C16H8N2.C13H8FNO2.C13H9NO2.C12H6N2.C11H7N/c1-19(2,3)15-9-8-14-10-13-6-4-5-7-16(13)18(12-20)17(14)11-15;1-17-13(19)7-3-5-9-12-10(16(22)18(2)15(9)21)6-4-8(11(7)12)14(17)20;17-9-15-11-5-1-2-6-12(11)16(10-18)14-8-4-3-7-13(14)15;1-15-12(16)8-4-2-3-7-10(14)6-5-9(11(7)8)13(15)17;1-14-12(15)9-6-2-4-8-5-3-7-10(11(8)9)13(14)16;13-7-9-5-6-10(8-14)12-4-2-1-3-11(9)12;12-8-10-6-3-5-9-4-1-2-7-11(9)10/h4-11H,1-3H3;3-6H,1-2H3;1-8H;2-6H,1H3;2-7H,1H3;1-6H;1-7H. The maximum atomic E-state index is 13.6. The van der Waals surface area contributed by atoms with Crippen molar-refractivity contribution in [2.75, 3.05) is 28.2 Å². The van der Waals surface area contributed by atoms with Gasteiger partial charge in [0.15, 0.2) is 0 Å². The molecule has 0 saturated carbocycles. The van der Waals surface area contributed by atoms with Crippen molar-refractivity contribution in [3.05, 3.63) is 356 Å². The van der Waals surface area contributed by atoms with Gasteiger partial charge in [0, 0.05) is 143 Å². The zero-order valence-electron chi connectivity index (χ0n) is 65.0. The number of hydrogen-bond donors (Lipinski definition) is 0. The molecule has 0 atom stereocenters. The molecule has 0 radical (unpaired) electrons. The van der Waals surface area contributed by atoms with Crippen molar-refractivity contribution in [2.45, 2.75) is 26.2 Å². The minimum Gasteiger partial charge on any atom is -0.277 e. The van der Waals surface area contributed by atoms with Gasteiger partial charge in [-0.25, -0.2) is 4.39 Å². The molecule has 4 aliphatic heterocycles. The van der Waals surface area contributed by atoms with E-state index in [1.165, 1.54) is 70.2 Å². The van der Waals surface area contributed by atoms with Crippen molar-refractivity contribution in [3.63, 3.8) is 0 Å². The van der Waals surface area contributed by atoms with Crippen LogP contribution in [0.4, 0.5) is 4.39 Å². The molecule has 0 fully saturated rings. The summed E-state index contributed by atoms with van der Waals surface area (Å²) in [5, 5.41) is 69.6. The molecule has 570 valence electrons. The zero-order chi connectivity index (χ0) is 84.4. The summed E-state index contributed by atoms with van der Waals surface area (Å²) in [6, 6.07) is 94.2. The minimum absolute atomic E-state index is 0.0898. The number of hydrogen-bond acceptors (Lipinski definition) is 14. The number of carbonyl (C=O) groups is 8. The van der Waals surface area contributed by atoms with Crippen molar-refractivity contribution >= 4 is 144 Å². The second kappa shape index (κ2) is 32.4. The van der Waals surface area contributed by atoms with E-state index in [-0.39, 0.29) is 17.2 Å². The van der Waals surface area contributed by atoms with Gasteiger partial charge in [0.05, 0.1) is 51.6 Å². The largest absolute Gasteiger partial charge is 0.277 e. The van der Waals surface area contributed by atoms with Crippen molar-refractivity contribution in [2.24, 2.45) is 0 Å². The molecular formula is C100H65FN10O8. The number of fused-ring (bicyclic) bond motifs is 6. The summed E-state index contributed by atoms with van der Waals surface area (Å²) in [5.41, 5.74) is 8.68. The van der Waals surface area contributed by atoms with E-state index in [0.717, 1.165) is 106 Å². The molecule has 0 spiro atoms. The molecule has 0 aliphatic carbocycles. The van der Waals surface area contributed by atoms with Crippen LogP contribution >= 0.6 is 0 Å². The Balaban J connectivity index is 0.000000115. The van der Waals surface area contributed by atoms with Gasteiger partial charge in [0.25, 0.3) is 47.3 Å². The molecule has 119 heavy (non-hydrogen) atoms. The van der Waals surface area contributed by atoms with Gasteiger partial charge < -0.3 is 0 Å². The molecule has 8 amide bonds. The Morgan fingerprint density at radius 1 is 0.244 bits per heavy atom. The first-order valence-corrected chi connectivity index (χ1v) is 37.3. The molecule has 16 aromatic rings. The second-order valence-corrected chi connectivity index (χ2v) is 29.2. The number of imide groups is 4. The predicted molar refractivity (Wildman–Crippen MR) is 455 cm³/mol. The SMILES string of the molecule is CC(C)(C)c1ccc2cc3ccccc3c(C#N)c2c1.CN1C(=O)c2ccc3c4c(ccc(c24)C1=O)C(=O)N(C)C3=O.CN1C(=O)c2cccc3c(F)ccc(c23)C1=O.CN1C(=O)c2cccc3cccc(c23)C1=O.N#Cc1c2ccccc2c(C#N)c2ccccc12.N#Cc1ccc(C#N)c2ccccc12.N#Cc1cccc2ccccc12. The van der Waals surface area contributed by atoms with Crippen LogP contribution in [0.25, 0.3) is 97.0 Å². The highest BCUT2D eigenvalue weighted by atomic mass is 19.1. The lowest BCUT2D eigenvalue weighted by atomic mass is 9.85. The monoisotopic (exact) mass is 1550 g/mol. The van der Waals surface area contributed by atoms with Crippen LogP contribution in [0.5, 0.6) is 0 Å². The fourth-order valence-corrected chi connectivity index (χ4v) is 15.3. The van der Waals surface area contributed by atoms with Gasteiger partial charge in [-0.1, -0.05) is 203 Å². The molecular weight excluding hydrogens is 1490 g/mol. The fraction of sp³-hybridized carbons (Fsp3) is 0.0800. The molecule has 20 rings (SSSR count). The quantitative estimate of drug-likeness (QED) is 0.101. The average Bonchev–Trinajstić information content (AvgIpc) is 0.710. The molecule has 0 aromatic heterocycles. The van der Waals surface area contributed by atoms with Crippen LogP contribution in [-0.4, -0.2) is 95.0 Å². The van der Waals surface area contributed by atoms with Crippen molar-refractivity contribution in [1.82, 2.24) is 19.6 Å². The summed E-state index contributed by atoms with van der Waals surface area (Å²) in [6.07, 6.45) is 0. The predicted octanol–water partition coefficient (Wildman–Crippen LogP) is 19.8. The second-order valence-electron chi connectivity index (χ2n) is 29.2. The van der Waals surface area contributed by atoms with Gasteiger partial charge in [0.1, 0.15) is 24.0 Å². The van der Waals surface area contributed by atoms with E-state index >= 15 is 0 Å². The van der Waals surface area contributed by atoms with Crippen LogP contribution in [0.15, 0.2) is 267 Å². The van der Waals surface area contributed by atoms with Crippen molar-refractivity contribution < 1.29 is 42.7 Å². The summed E-state index contributed by atoms with van der Waals surface area (Å²) in [7, 11) is 5.77. The zero-order valence-corrected chi connectivity index (χ0v) is 65.0. The third-order valence-corrected chi connectivity index (χ3v) is 21.4. The summed E-state index contributed by atoms with van der Waals surface area (Å²) < 4.78 is 13.6. The third-order valence-electron chi connectivity index (χ3n) is 21.4. The first-order chi connectivity index (χ1) is 57.4. The number of rotatable bonds is 0. The van der Waals surface area contributed by atoms with Crippen LogP contribution in [0.3, 0.4) is 0 Å².